The Bertz CT molecular complexity index is 1740. The lowest BCUT2D eigenvalue weighted by atomic mass is 9.99. The van der Waals surface area contributed by atoms with Crippen LogP contribution in [0.4, 0.5) is 0 Å². The van der Waals surface area contributed by atoms with E-state index in [1.165, 1.54) is 13.3 Å². The predicted molar refractivity (Wildman–Crippen MR) is 158 cm³/mol. The van der Waals surface area contributed by atoms with Gasteiger partial charge in [0.1, 0.15) is 17.2 Å². The van der Waals surface area contributed by atoms with Gasteiger partial charge in [0.2, 0.25) is 0 Å². The molecule has 1 heterocycles. The number of hydrogen-bond donors (Lipinski definition) is 2. The molecule has 0 aliphatic heterocycles. The molecule has 0 aliphatic rings. The van der Waals surface area contributed by atoms with Crippen LogP contribution >= 0.6 is 11.6 Å². The number of fused-ring (bicyclic) bond motifs is 1. The fourth-order valence-electron chi connectivity index (χ4n) is 4.49. The third-order valence-corrected chi connectivity index (χ3v) is 6.80. The molecule has 0 atom stereocenters. The topological polar surface area (TPSA) is 92.8 Å². The fourth-order valence-corrected chi connectivity index (χ4v) is 4.72. The number of amides is 1. The molecule has 0 spiro atoms. The largest absolute Gasteiger partial charge is 0.497 e. The minimum absolute atomic E-state index is 0.295. The second kappa shape index (κ2) is 11.9. The standard InChI is InChI=1S/C32H26ClN3O4/c1-3-20-11-9-15-25-28(24-14-5-6-16-26(24)33)30(35-29(20)25)31(37)36-34-19-22-10-4-7-17-27(22)40-32(38)21-12-8-13-23(18-21)39-2/h4-19,35H,3H2,1-2H3,(H,36,37). The van der Waals surface area contributed by atoms with Crippen molar-refractivity contribution >= 4 is 40.6 Å². The fraction of sp³-hybridized carbons (Fsp3) is 0.0938. The zero-order chi connectivity index (χ0) is 28.1. The number of aromatic nitrogens is 1. The monoisotopic (exact) mass is 551 g/mol. The minimum Gasteiger partial charge on any atom is -0.497 e. The number of aromatic amines is 1. The summed E-state index contributed by atoms with van der Waals surface area (Å²) in [6.45, 7) is 2.06. The van der Waals surface area contributed by atoms with E-state index in [9.17, 15) is 9.59 Å². The average Bonchev–Trinajstić information content (AvgIpc) is 3.38. The van der Waals surface area contributed by atoms with Gasteiger partial charge >= 0.3 is 5.97 Å². The highest BCUT2D eigenvalue weighted by Gasteiger charge is 2.22. The Kier molecular flexibility index (Phi) is 7.94. The quantitative estimate of drug-likeness (QED) is 0.0935. The van der Waals surface area contributed by atoms with Gasteiger partial charge in [-0.15, -0.1) is 0 Å². The average molecular weight is 552 g/mol. The maximum atomic E-state index is 13.4. The molecule has 8 heteroatoms. The van der Waals surface area contributed by atoms with Crippen LogP contribution in [0.2, 0.25) is 5.02 Å². The Morgan fingerprint density at radius 1 is 0.975 bits per heavy atom. The van der Waals surface area contributed by atoms with E-state index in [1.807, 2.05) is 36.4 Å². The highest BCUT2D eigenvalue weighted by Crippen LogP contribution is 2.37. The van der Waals surface area contributed by atoms with Gasteiger partial charge in [0.15, 0.2) is 0 Å². The first-order valence-electron chi connectivity index (χ1n) is 12.7. The third kappa shape index (κ3) is 5.46. The molecule has 7 nitrogen and oxygen atoms in total. The molecule has 0 saturated carbocycles. The van der Waals surface area contributed by atoms with Gasteiger partial charge in [-0.05, 0) is 48.4 Å². The van der Waals surface area contributed by atoms with Crippen molar-refractivity contribution in [2.75, 3.05) is 7.11 Å². The van der Waals surface area contributed by atoms with Crippen LogP contribution in [0.1, 0.15) is 38.9 Å². The Balaban J connectivity index is 1.42. The second-order valence-corrected chi connectivity index (χ2v) is 9.31. The van der Waals surface area contributed by atoms with Crippen LogP contribution in [0.25, 0.3) is 22.0 Å². The van der Waals surface area contributed by atoms with Crippen molar-refractivity contribution in [2.24, 2.45) is 5.10 Å². The molecule has 2 N–H and O–H groups in total. The van der Waals surface area contributed by atoms with Gasteiger partial charge in [-0.1, -0.05) is 73.1 Å². The summed E-state index contributed by atoms with van der Waals surface area (Å²) in [5.41, 5.74) is 7.21. The zero-order valence-corrected chi connectivity index (χ0v) is 22.7. The molecule has 4 aromatic carbocycles. The van der Waals surface area contributed by atoms with Gasteiger partial charge < -0.3 is 14.5 Å². The summed E-state index contributed by atoms with van der Waals surface area (Å²) in [4.78, 5) is 29.5. The molecule has 0 bridgehead atoms. The number of hydrogen-bond acceptors (Lipinski definition) is 5. The van der Waals surface area contributed by atoms with Gasteiger partial charge in [-0.3, -0.25) is 4.79 Å². The Hall–Kier alpha value is -4.88. The number of methoxy groups -OCH3 is 1. The Morgan fingerprint density at radius 3 is 2.55 bits per heavy atom. The summed E-state index contributed by atoms with van der Waals surface area (Å²) in [6.07, 6.45) is 2.23. The number of aryl methyl sites for hydroxylation is 1. The van der Waals surface area contributed by atoms with Crippen LogP contribution < -0.4 is 14.9 Å². The molecule has 5 aromatic rings. The molecule has 1 amide bonds. The number of esters is 1. The number of nitrogens with zero attached hydrogens (tertiary/aromatic N) is 1. The number of hydrazone groups is 1. The molecule has 1 aromatic heterocycles. The molecule has 5 rings (SSSR count). The Labute approximate surface area is 236 Å². The van der Waals surface area contributed by atoms with E-state index >= 15 is 0 Å². The lowest BCUT2D eigenvalue weighted by Crippen LogP contribution is -2.19. The van der Waals surface area contributed by atoms with Gasteiger partial charge in [0, 0.05) is 32.6 Å². The van der Waals surface area contributed by atoms with E-state index in [2.05, 4.69) is 22.4 Å². The van der Waals surface area contributed by atoms with Crippen molar-refractivity contribution in [3.8, 4) is 22.6 Å². The highest BCUT2D eigenvalue weighted by molar-refractivity contribution is 6.34. The third-order valence-electron chi connectivity index (χ3n) is 6.47. The number of benzene rings is 4. The first-order chi connectivity index (χ1) is 19.5. The molecule has 0 radical (unpaired) electrons. The summed E-state index contributed by atoms with van der Waals surface area (Å²) < 4.78 is 10.8. The summed E-state index contributed by atoms with van der Waals surface area (Å²) >= 11 is 6.55. The molecule has 0 unspecified atom stereocenters. The van der Waals surface area contributed by atoms with E-state index in [0.717, 1.165) is 28.5 Å². The van der Waals surface area contributed by atoms with Crippen LogP contribution in [0.5, 0.6) is 11.5 Å². The molecule has 40 heavy (non-hydrogen) atoms. The normalized spacial score (nSPS) is 11.1. The Morgan fingerprint density at radius 2 is 1.75 bits per heavy atom. The van der Waals surface area contributed by atoms with Crippen molar-refractivity contribution in [3.63, 3.8) is 0 Å². The smallest absolute Gasteiger partial charge is 0.343 e. The SMILES string of the molecule is CCc1cccc2c(-c3ccccc3Cl)c(C(=O)NN=Cc3ccccc3OC(=O)c3cccc(OC)c3)[nH]c12. The lowest BCUT2D eigenvalue weighted by Gasteiger charge is -2.08. The van der Waals surface area contributed by atoms with Gasteiger partial charge in [0.25, 0.3) is 5.91 Å². The molecule has 0 saturated heterocycles. The number of rotatable bonds is 8. The number of H-pyrrole nitrogens is 1. The maximum Gasteiger partial charge on any atom is 0.343 e. The molecular formula is C32H26ClN3O4. The van der Waals surface area contributed by atoms with Crippen LogP contribution in [-0.2, 0) is 6.42 Å². The predicted octanol–water partition coefficient (Wildman–Crippen LogP) is 7.04. The number of nitrogens with one attached hydrogen (secondary N) is 2. The number of carbonyl (C=O) groups excluding carboxylic acids is 2. The molecule has 200 valence electrons. The van der Waals surface area contributed by atoms with Crippen LogP contribution in [0.15, 0.2) is 96.1 Å². The van der Waals surface area contributed by atoms with Gasteiger partial charge in [0.05, 0.1) is 18.9 Å². The van der Waals surface area contributed by atoms with E-state index in [0.29, 0.717) is 38.9 Å². The molecular weight excluding hydrogens is 526 g/mol. The van der Waals surface area contributed by atoms with Gasteiger partial charge in [-0.2, -0.15) is 5.10 Å². The van der Waals surface area contributed by atoms with E-state index < -0.39 is 11.9 Å². The van der Waals surface area contributed by atoms with E-state index in [4.69, 9.17) is 21.1 Å². The highest BCUT2D eigenvalue weighted by atomic mass is 35.5. The van der Waals surface area contributed by atoms with Crippen LogP contribution in [-0.4, -0.2) is 30.2 Å². The summed E-state index contributed by atoms with van der Waals surface area (Å²) in [5, 5.41) is 5.60. The maximum absolute atomic E-state index is 13.4. The van der Waals surface area contributed by atoms with Gasteiger partial charge in [-0.25, -0.2) is 10.2 Å². The second-order valence-electron chi connectivity index (χ2n) is 8.91. The summed E-state index contributed by atoms with van der Waals surface area (Å²) in [6, 6.07) is 27.0. The minimum atomic E-state index is -0.544. The number of ether oxygens (including phenoxy) is 2. The van der Waals surface area contributed by atoms with Crippen molar-refractivity contribution in [1.29, 1.82) is 0 Å². The number of halogens is 1. The van der Waals surface area contributed by atoms with Crippen molar-refractivity contribution in [2.45, 2.75) is 13.3 Å². The van der Waals surface area contributed by atoms with Crippen molar-refractivity contribution in [3.05, 3.63) is 118 Å². The van der Waals surface area contributed by atoms with E-state index in [1.54, 1.807) is 54.6 Å². The first-order valence-corrected chi connectivity index (χ1v) is 13.0. The zero-order valence-electron chi connectivity index (χ0n) is 21.9. The van der Waals surface area contributed by atoms with Crippen molar-refractivity contribution < 1.29 is 19.1 Å². The van der Waals surface area contributed by atoms with Crippen LogP contribution in [0.3, 0.4) is 0 Å². The summed E-state index contributed by atoms with van der Waals surface area (Å²) in [7, 11) is 1.53. The molecule has 0 aliphatic carbocycles. The van der Waals surface area contributed by atoms with E-state index in [-0.39, 0.29) is 0 Å². The molecule has 0 fully saturated rings. The van der Waals surface area contributed by atoms with Crippen molar-refractivity contribution in [1.82, 2.24) is 10.4 Å². The number of para-hydroxylation sites is 2. The lowest BCUT2D eigenvalue weighted by molar-refractivity contribution is 0.0733. The van der Waals surface area contributed by atoms with Crippen LogP contribution in [0, 0.1) is 0 Å². The summed E-state index contributed by atoms with van der Waals surface area (Å²) in [5.74, 6) is -0.136. The number of carbonyl (C=O) groups is 2. The first kappa shape index (κ1) is 26.7.